The molecule has 1 aromatic rings. The Morgan fingerprint density at radius 3 is 2.48 bits per heavy atom. The quantitative estimate of drug-likeness (QED) is 0.298. The fourth-order valence-electron chi connectivity index (χ4n) is 3.10. The normalized spacial score (nSPS) is 15.6. The number of hydrogen-bond acceptors (Lipinski definition) is 4. The maximum absolute atomic E-state index is 12.8. The van der Waals surface area contributed by atoms with Crippen LogP contribution in [0.15, 0.2) is 29.3 Å². The fourth-order valence-corrected chi connectivity index (χ4v) is 4.66. The van der Waals surface area contributed by atoms with Crippen LogP contribution in [-0.4, -0.2) is 70.0 Å². The molecule has 1 fully saturated rings. The van der Waals surface area contributed by atoms with E-state index in [2.05, 4.69) is 17.1 Å². The summed E-state index contributed by atoms with van der Waals surface area (Å²) in [6.07, 6.45) is 2.24. The highest BCUT2D eigenvalue weighted by Crippen LogP contribution is 2.17. The summed E-state index contributed by atoms with van der Waals surface area (Å²) in [5, 5.41) is 3.32. The zero-order valence-electron chi connectivity index (χ0n) is 17.8. The highest BCUT2D eigenvalue weighted by Gasteiger charge is 2.25. The van der Waals surface area contributed by atoms with Crippen molar-refractivity contribution in [3.8, 4) is 0 Å². The average molecular weight is 538 g/mol. The van der Waals surface area contributed by atoms with Gasteiger partial charge in [0.2, 0.25) is 10.0 Å². The summed E-state index contributed by atoms with van der Waals surface area (Å²) in [6.45, 7) is 8.17. The van der Waals surface area contributed by atoms with E-state index in [1.165, 1.54) is 4.31 Å². The van der Waals surface area contributed by atoms with Gasteiger partial charge >= 0.3 is 0 Å². The van der Waals surface area contributed by atoms with Crippen LogP contribution in [0.1, 0.15) is 37.8 Å². The summed E-state index contributed by atoms with van der Waals surface area (Å²) in [5.41, 5.74) is 1.75. The molecular formula is C20H35IN4O3S. The van der Waals surface area contributed by atoms with Gasteiger partial charge in [-0.3, -0.25) is 0 Å². The first-order valence-corrected chi connectivity index (χ1v) is 11.7. The summed E-state index contributed by atoms with van der Waals surface area (Å²) in [7, 11) is -1.32. The molecule has 29 heavy (non-hydrogen) atoms. The molecule has 1 aliphatic rings. The lowest BCUT2D eigenvalue weighted by atomic mass is 10.1. The van der Waals surface area contributed by atoms with Gasteiger partial charge in [0, 0.05) is 33.2 Å². The van der Waals surface area contributed by atoms with Crippen LogP contribution in [0.2, 0.25) is 0 Å². The minimum absolute atomic E-state index is 0. The summed E-state index contributed by atoms with van der Waals surface area (Å²) in [5.74, 6) is 0.850. The lowest BCUT2D eigenvalue weighted by Crippen LogP contribution is -2.41. The predicted octanol–water partition coefficient (Wildman–Crippen LogP) is 2.66. The molecule has 1 heterocycles. The second-order valence-corrected chi connectivity index (χ2v) is 8.95. The minimum atomic E-state index is -3.36. The van der Waals surface area contributed by atoms with Crippen molar-refractivity contribution < 1.29 is 13.2 Å². The number of halogens is 1. The molecule has 0 aromatic heterocycles. The van der Waals surface area contributed by atoms with Crippen molar-refractivity contribution in [3.05, 3.63) is 35.4 Å². The zero-order chi connectivity index (χ0) is 20.4. The molecule has 1 aromatic carbocycles. The van der Waals surface area contributed by atoms with Gasteiger partial charge in [0.15, 0.2) is 5.96 Å². The van der Waals surface area contributed by atoms with Crippen LogP contribution in [0.25, 0.3) is 0 Å². The maximum Gasteiger partial charge on any atom is 0.218 e. The van der Waals surface area contributed by atoms with Gasteiger partial charge in [-0.1, -0.05) is 37.6 Å². The van der Waals surface area contributed by atoms with Crippen LogP contribution in [0.4, 0.5) is 0 Å². The van der Waals surface area contributed by atoms with Crippen molar-refractivity contribution >= 4 is 40.0 Å². The SMILES string of the molecule is CCCCN(C)C(=NCc1ccccc1CS(=O)(=O)N1CCOCC1)NCC.I. The highest BCUT2D eigenvalue weighted by atomic mass is 127. The Bertz CT molecular complexity index is 737. The second-order valence-electron chi connectivity index (χ2n) is 6.98. The number of sulfonamides is 1. The third-order valence-electron chi connectivity index (χ3n) is 4.76. The fraction of sp³-hybridized carbons (Fsp3) is 0.650. The smallest absolute Gasteiger partial charge is 0.218 e. The third kappa shape index (κ3) is 8.39. The summed E-state index contributed by atoms with van der Waals surface area (Å²) >= 11 is 0. The van der Waals surface area contributed by atoms with E-state index in [4.69, 9.17) is 9.73 Å². The first-order chi connectivity index (χ1) is 13.5. The van der Waals surface area contributed by atoms with Gasteiger partial charge in [-0.15, -0.1) is 24.0 Å². The third-order valence-corrected chi connectivity index (χ3v) is 6.59. The molecule has 0 amide bonds. The Kier molecular flexibility index (Phi) is 12.1. The number of nitrogens with one attached hydrogen (secondary N) is 1. The van der Waals surface area contributed by atoms with Crippen LogP contribution < -0.4 is 5.32 Å². The number of guanidine groups is 1. The summed E-state index contributed by atoms with van der Waals surface area (Å²) in [4.78, 5) is 6.87. The second kappa shape index (κ2) is 13.4. The van der Waals surface area contributed by atoms with Crippen molar-refractivity contribution in [2.24, 2.45) is 4.99 Å². The maximum atomic E-state index is 12.8. The number of benzene rings is 1. The van der Waals surface area contributed by atoms with Crippen molar-refractivity contribution in [3.63, 3.8) is 0 Å². The van der Waals surface area contributed by atoms with E-state index in [-0.39, 0.29) is 29.7 Å². The standard InChI is InChI=1S/C20H34N4O3S.HI/c1-4-6-11-23(3)20(21-5-2)22-16-18-9-7-8-10-19(18)17-28(25,26)24-12-14-27-15-13-24;/h7-10H,4-6,11-17H2,1-3H3,(H,21,22);1H. The molecule has 0 spiro atoms. The Morgan fingerprint density at radius 1 is 1.21 bits per heavy atom. The molecule has 166 valence electrons. The molecule has 1 aliphatic heterocycles. The van der Waals surface area contributed by atoms with Crippen LogP contribution in [-0.2, 0) is 27.1 Å². The largest absolute Gasteiger partial charge is 0.379 e. The molecule has 1 N–H and O–H groups in total. The zero-order valence-corrected chi connectivity index (χ0v) is 20.9. The molecule has 0 bridgehead atoms. The number of ether oxygens (including phenoxy) is 1. The van der Waals surface area contributed by atoms with Gasteiger partial charge in [-0.2, -0.15) is 4.31 Å². The van der Waals surface area contributed by atoms with E-state index in [9.17, 15) is 8.42 Å². The first-order valence-electron chi connectivity index (χ1n) is 10.1. The number of nitrogens with zero attached hydrogens (tertiary/aromatic N) is 3. The van der Waals surface area contributed by atoms with E-state index in [0.717, 1.165) is 43.0 Å². The summed E-state index contributed by atoms with van der Waals surface area (Å²) < 4.78 is 32.4. The molecule has 7 nitrogen and oxygen atoms in total. The molecule has 0 atom stereocenters. The Morgan fingerprint density at radius 2 is 1.86 bits per heavy atom. The van der Waals surface area contributed by atoms with Crippen LogP contribution in [0.3, 0.4) is 0 Å². The van der Waals surface area contributed by atoms with Crippen molar-refractivity contribution in [2.45, 2.75) is 39.0 Å². The lowest BCUT2D eigenvalue weighted by Gasteiger charge is -2.26. The van der Waals surface area contributed by atoms with Crippen molar-refractivity contribution in [1.82, 2.24) is 14.5 Å². The summed E-state index contributed by atoms with van der Waals surface area (Å²) in [6, 6.07) is 7.67. The van der Waals surface area contributed by atoms with Crippen LogP contribution in [0.5, 0.6) is 0 Å². The van der Waals surface area contributed by atoms with Gasteiger partial charge < -0.3 is 15.0 Å². The molecule has 2 rings (SSSR count). The molecule has 0 aliphatic carbocycles. The molecule has 0 radical (unpaired) electrons. The van der Waals surface area contributed by atoms with Crippen LogP contribution >= 0.6 is 24.0 Å². The molecule has 0 unspecified atom stereocenters. The first kappa shape index (κ1) is 26.1. The topological polar surface area (TPSA) is 74.2 Å². The number of morpholine rings is 1. The lowest BCUT2D eigenvalue weighted by molar-refractivity contribution is 0.0729. The molecule has 1 saturated heterocycles. The van der Waals surface area contributed by atoms with Gasteiger partial charge in [-0.05, 0) is 24.5 Å². The van der Waals surface area contributed by atoms with Gasteiger partial charge in [-0.25, -0.2) is 13.4 Å². The highest BCUT2D eigenvalue weighted by molar-refractivity contribution is 14.0. The number of unbranched alkanes of at least 4 members (excludes halogenated alkanes) is 1. The van der Waals surface area contributed by atoms with E-state index in [1.54, 1.807) is 0 Å². The van der Waals surface area contributed by atoms with Crippen LogP contribution in [0, 0.1) is 0 Å². The number of aliphatic imine (C=N–C) groups is 1. The van der Waals surface area contributed by atoms with E-state index in [0.29, 0.717) is 32.8 Å². The average Bonchev–Trinajstić information content (AvgIpc) is 2.70. The molecular weight excluding hydrogens is 503 g/mol. The molecule has 0 saturated carbocycles. The number of hydrogen-bond donors (Lipinski definition) is 1. The molecule has 9 heteroatoms. The van der Waals surface area contributed by atoms with Crippen molar-refractivity contribution in [2.75, 3.05) is 46.4 Å². The van der Waals surface area contributed by atoms with Gasteiger partial charge in [0.25, 0.3) is 0 Å². The van der Waals surface area contributed by atoms with Gasteiger partial charge in [0.05, 0.1) is 25.5 Å². The number of rotatable bonds is 9. The monoisotopic (exact) mass is 538 g/mol. The van der Waals surface area contributed by atoms with Crippen molar-refractivity contribution in [1.29, 1.82) is 0 Å². The van der Waals surface area contributed by atoms with E-state index < -0.39 is 10.0 Å². The Hall–Kier alpha value is -0.910. The van der Waals surface area contributed by atoms with E-state index in [1.807, 2.05) is 38.2 Å². The minimum Gasteiger partial charge on any atom is -0.379 e. The Labute approximate surface area is 193 Å². The van der Waals surface area contributed by atoms with E-state index >= 15 is 0 Å². The van der Waals surface area contributed by atoms with Gasteiger partial charge in [0.1, 0.15) is 0 Å². The Balaban J connectivity index is 0.00000420. The predicted molar refractivity (Wildman–Crippen MR) is 129 cm³/mol.